The first-order chi connectivity index (χ1) is 28.1. The van der Waals surface area contributed by atoms with Gasteiger partial charge < -0.3 is 0 Å². The fraction of sp³-hybridized carbons (Fsp3) is 0.500. The van der Waals surface area contributed by atoms with Crippen LogP contribution in [0.1, 0.15) is 111 Å². The van der Waals surface area contributed by atoms with Crippen molar-refractivity contribution >= 4 is 81.2 Å². The van der Waals surface area contributed by atoms with Crippen LogP contribution in [0.3, 0.4) is 0 Å². The van der Waals surface area contributed by atoms with E-state index in [2.05, 4.69) is 208 Å². The molecule has 0 N–H and O–H groups in total. The second-order valence-electron chi connectivity index (χ2n) is 21.6. The molecule has 0 radical (unpaired) electrons. The van der Waals surface area contributed by atoms with E-state index in [1.807, 2.05) is 0 Å². The molecule has 0 spiro atoms. The van der Waals surface area contributed by atoms with Crippen LogP contribution in [0, 0.1) is 0 Å². The van der Waals surface area contributed by atoms with Gasteiger partial charge >= 0.3 is 371 Å². The van der Waals surface area contributed by atoms with E-state index in [-0.39, 0.29) is 0 Å². The molecule has 0 aromatic heterocycles. The van der Waals surface area contributed by atoms with Crippen molar-refractivity contribution in [3.63, 3.8) is 0 Å². The summed E-state index contributed by atoms with van der Waals surface area (Å²) in [5, 5.41) is 0. The average molecular weight is 885 g/mol. The Kier molecular flexibility index (Phi) is 10.8. The van der Waals surface area contributed by atoms with Gasteiger partial charge in [0, 0.05) is 0 Å². The molecule has 61 heavy (non-hydrogen) atoms. The Bertz CT molecular complexity index is 1870. The first-order valence-corrected chi connectivity index (χ1v) is 26.2. The van der Waals surface area contributed by atoms with Crippen LogP contribution in [0.5, 0.6) is 0 Å². The third kappa shape index (κ3) is 7.48. The van der Waals surface area contributed by atoms with Crippen molar-refractivity contribution in [2.75, 3.05) is 0 Å². The van der Waals surface area contributed by atoms with E-state index in [0.29, 0.717) is 0 Å². The van der Waals surface area contributed by atoms with Crippen LogP contribution in [0.25, 0.3) is 0 Å². The topological polar surface area (TPSA) is 73.8 Å². The Labute approximate surface area is 369 Å². The average Bonchev–Trinajstić information content (AvgIpc) is 3.73. The minimum atomic E-state index is -3.91. The van der Waals surface area contributed by atoms with Gasteiger partial charge in [0.25, 0.3) is 0 Å². The van der Waals surface area contributed by atoms with Gasteiger partial charge in [-0.05, 0) is 0 Å². The van der Waals surface area contributed by atoms with E-state index in [1.54, 1.807) is 0 Å². The van der Waals surface area contributed by atoms with Crippen LogP contribution in [-0.4, -0.2) is 86.5 Å². The monoisotopic (exact) mass is 886 g/mol. The van der Waals surface area contributed by atoms with Gasteiger partial charge in [0.15, 0.2) is 0 Å². The second kappa shape index (κ2) is 14.7. The van der Waals surface area contributed by atoms with Gasteiger partial charge in [-0.3, -0.25) is 0 Å². The van der Waals surface area contributed by atoms with Gasteiger partial charge in [-0.2, -0.15) is 0 Å². The maximum absolute atomic E-state index is 6.52. The molecule has 8 nitrogen and oxygen atoms in total. The minimum absolute atomic E-state index is 0.450. The maximum atomic E-state index is 6.52. The van der Waals surface area contributed by atoms with Crippen molar-refractivity contribution in [3.05, 3.63) is 97.1 Å². The van der Waals surface area contributed by atoms with E-state index in [4.69, 9.17) is 37.2 Å². The van der Waals surface area contributed by atoms with E-state index >= 15 is 0 Å². The molecule has 0 aliphatic carbocycles. The Morgan fingerprint density at radius 2 is 0.377 bits per heavy atom. The van der Waals surface area contributed by atoms with E-state index in [1.165, 1.54) is 17.6 Å². The molecule has 8 rings (SSSR count). The fourth-order valence-corrected chi connectivity index (χ4v) is 18.3. The molecule has 320 valence electrons. The Balaban J connectivity index is 1.28. The van der Waals surface area contributed by atoms with Crippen LogP contribution in [0.15, 0.2) is 97.1 Å². The molecule has 0 atom stereocenters. The molecular formula is C48H64B4GeO8. The first-order valence-electron chi connectivity index (χ1n) is 22.0. The first kappa shape index (κ1) is 45.0. The molecule has 4 aliphatic heterocycles. The van der Waals surface area contributed by atoms with Crippen LogP contribution in [0.4, 0.5) is 0 Å². The standard InChI is InChI=1S/C48H64B4GeO8/c1-41(2)42(3,4)55-49(54-41)33-17-25-37(26-18-33)53(38-27-19-34(20-28-38)50-56-43(5,6)44(7,8)57-50,39-29-21-35(22-30-39)51-58-45(9,10)46(11,12)59-51)40-31-23-36(24-32-40)52-60-47(13,14)48(15,16)61-52/h17-32H,1-16H3. The summed E-state index contributed by atoms with van der Waals surface area (Å²) >= 11 is -3.91. The second-order valence-corrected chi connectivity index (χ2v) is 29.6. The fourth-order valence-electron chi connectivity index (χ4n) is 8.48. The van der Waals surface area contributed by atoms with Crippen molar-refractivity contribution in [2.45, 2.75) is 156 Å². The molecule has 0 bridgehead atoms. The van der Waals surface area contributed by atoms with Gasteiger partial charge in [0.1, 0.15) is 0 Å². The van der Waals surface area contributed by atoms with Gasteiger partial charge in [-0.25, -0.2) is 0 Å². The third-order valence-corrected chi connectivity index (χ3v) is 25.5. The summed E-state index contributed by atoms with van der Waals surface area (Å²) in [4.78, 5) is 0. The molecular weight excluding hydrogens is 820 g/mol. The number of hydrogen-bond acceptors (Lipinski definition) is 8. The summed E-state index contributed by atoms with van der Waals surface area (Å²) in [6.45, 7) is 33.5. The van der Waals surface area contributed by atoms with Crippen molar-refractivity contribution in [1.29, 1.82) is 0 Å². The summed E-state index contributed by atoms with van der Waals surface area (Å²) in [6, 6.07) is 35.9. The van der Waals surface area contributed by atoms with E-state index in [9.17, 15) is 0 Å². The Morgan fingerprint density at radius 3 is 0.508 bits per heavy atom. The van der Waals surface area contributed by atoms with Gasteiger partial charge in [-0.1, -0.05) is 0 Å². The van der Waals surface area contributed by atoms with Gasteiger partial charge in [0.2, 0.25) is 0 Å². The van der Waals surface area contributed by atoms with Crippen LogP contribution >= 0.6 is 0 Å². The number of hydrogen-bond donors (Lipinski definition) is 0. The predicted molar refractivity (Wildman–Crippen MR) is 253 cm³/mol. The van der Waals surface area contributed by atoms with Crippen LogP contribution in [0.2, 0.25) is 0 Å². The molecule has 4 saturated heterocycles. The van der Waals surface area contributed by atoms with Crippen molar-refractivity contribution < 1.29 is 37.2 Å². The zero-order valence-corrected chi connectivity index (χ0v) is 41.4. The molecule has 4 aliphatic rings. The summed E-state index contributed by atoms with van der Waals surface area (Å²) in [7, 11) is -1.89. The molecule has 13 heteroatoms. The van der Waals surface area contributed by atoms with Crippen LogP contribution in [-0.2, 0) is 37.2 Å². The normalized spacial score (nSPS) is 24.1. The van der Waals surface area contributed by atoms with Gasteiger partial charge in [-0.15, -0.1) is 0 Å². The van der Waals surface area contributed by atoms with E-state index in [0.717, 1.165) is 21.9 Å². The SMILES string of the molecule is CC1(C)OB(c2cc[c]([Ge]([c]3ccc(B4OC(C)(C)C(C)(C)O4)cc3)([c]3ccc(B4OC(C)(C)C(C)(C)O4)cc3)[c]3ccc(B4OC(C)(C)C(C)(C)O4)cc3)cc2)OC1(C)C. The Hall–Kier alpha value is -2.64. The molecule has 0 unspecified atom stereocenters. The number of benzene rings is 4. The van der Waals surface area contributed by atoms with Gasteiger partial charge in [0.05, 0.1) is 0 Å². The summed E-state index contributed by atoms with van der Waals surface area (Å²) in [5.41, 5.74) is 0.354. The molecule has 4 aromatic carbocycles. The van der Waals surface area contributed by atoms with Crippen LogP contribution < -0.4 is 39.4 Å². The zero-order chi connectivity index (χ0) is 44.4. The molecule has 4 aromatic rings. The summed E-state index contributed by atoms with van der Waals surface area (Å²) in [5.74, 6) is 0. The molecule has 0 amide bonds. The molecule has 0 saturated carbocycles. The quantitative estimate of drug-likeness (QED) is 0.244. The number of rotatable bonds is 8. The third-order valence-electron chi connectivity index (χ3n) is 15.5. The molecule has 4 heterocycles. The summed E-state index contributed by atoms with van der Waals surface area (Å²) in [6.07, 6.45) is 0. The van der Waals surface area contributed by atoms with Crippen molar-refractivity contribution in [1.82, 2.24) is 0 Å². The van der Waals surface area contributed by atoms with Crippen molar-refractivity contribution in [2.24, 2.45) is 0 Å². The molecule has 4 fully saturated rings. The Morgan fingerprint density at radius 1 is 0.246 bits per heavy atom. The van der Waals surface area contributed by atoms with Crippen molar-refractivity contribution in [3.8, 4) is 0 Å². The summed E-state index contributed by atoms with van der Waals surface area (Å²) < 4.78 is 57.2. The zero-order valence-electron chi connectivity index (χ0n) is 39.3. The van der Waals surface area contributed by atoms with E-state index < -0.39 is 86.5 Å². The predicted octanol–water partition coefficient (Wildman–Crippen LogP) is 4.26.